The molecule has 6 nitrogen and oxygen atoms in total. The Labute approximate surface area is 142 Å². The van der Waals surface area contributed by atoms with E-state index in [1.54, 1.807) is 0 Å². The summed E-state index contributed by atoms with van der Waals surface area (Å²) in [7, 11) is 0. The number of guanidine groups is 1. The second kappa shape index (κ2) is 7.98. The van der Waals surface area contributed by atoms with E-state index in [0.717, 1.165) is 42.8 Å². The average Bonchev–Trinajstić information content (AvgIpc) is 2.70. The van der Waals surface area contributed by atoms with Gasteiger partial charge in [-0.1, -0.05) is 5.16 Å². The predicted molar refractivity (Wildman–Crippen MR) is 93.0 cm³/mol. The molecule has 2 rings (SSSR count). The molecule has 0 atom stereocenters. The smallest absolute Gasteiger partial charge is 0.191 e. The van der Waals surface area contributed by atoms with E-state index in [2.05, 4.69) is 20.8 Å². The van der Waals surface area contributed by atoms with Gasteiger partial charge in [0.1, 0.15) is 5.76 Å². The Hall–Kier alpha value is -0.830. The first kappa shape index (κ1) is 18.2. The SMILES string of the molecule is CCNC(=NCc1c(C)noc1C)NCC1(O)CCC1.I. The molecule has 1 aliphatic carbocycles. The first-order valence-corrected chi connectivity index (χ1v) is 7.20. The summed E-state index contributed by atoms with van der Waals surface area (Å²) in [6.07, 6.45) is 2.83. The molecule has 0 amide bonds. The van der Waals surface area contributed by atoms with Gasteiger partial charge in [0.25, 0.3) is 0 Å². The van der Waals surface area contributed by atoms with Gasteiger partial charge in [-0.15, -0.1) is 24.0 Å². The van der Waals surface area contributed by atoms with Crippen LogP contribution in [0.25, 0.3) is 0 Å². The minimum absolute atomic E-state index is 0. The number of aliphatic imine (C=N–C) groups is 1. The fourth-order valence-electron chi connectivity index (χ4n) is 2.24. The van der Waals surface area contributed by atoms with Gasteiger partial charge in [0.2, 0.25) is 0 Å². The number of hydrogen-bond acceptors (Lipinski definition) is 4. The molecule has 0 unspecified atom stereocenters. The highest BCUT2D eigenvalue weighted by Crippen LogP contribution is 2.30. The molecule has 0 aliphatic heterocycles. The molecule has 0 bridgehead atoms. The van der Waals surface area contributed by atoms with Crippen LogP contribution in [-0.4, -0.2) is 34.9 Å². The summed E-state index contributed by atoms with van der Waals surface area (Å²) in [5.74, 6) is 1.52. The predicted octanol–water partition coefficient (Wildman–Crippen LogP) is 1.88. The zero-order valence-electron chi connectivity index (χ0n) is 12.9. The van der Waals surface area contributed by atoms with Crippen LogP contribution in [-0.2, 0) is 6.54 Å². The third-order valence-corrected chi connectivity index (χ3v) is 3.79. The van der Waals surface area contributed by atoms with Crippen molar-refractivity contribution >= 4 is 29.9 Å². The molecule has 1 aromatic rings. The van der Waals surface area contributed by atoms with Crippen molar-refractivity contribution in [3.8, 4) is 0 Å². The second-order valence-corrected chi connectivity index (χ2v) is 5.43. The number of nitrogens with zero attached hydrogens (tertiary/aromatic N) is 2. The van der Waals surface area contributed by atoms with Gasteiger partial charge < -0.3 is 20.3 Å². The van der Waals surface area contributed by atoms with Gasteiger partial charge in [-0.2, -0.15) is 0 Å². The van der Waals surface area contributed by atoms with E-state index in [1.165, 1.54) is 0 Å². The standard InChI is InChI=1S/C14H24N4O2.HI/c1-4-15-13(17-9-14(19)6-5-7-14)16-8-12-10(2)18-20-11(12)3;/h19H,4-9H2,1-3H3,(H2,15,16,17);1H. The molecule has 0 aromatic carbocycles. The quantitative estimate of drug-likeness (QED) is 0.394. The molecule has 3 N–H and O–H groups in total. The van der Waals surface area contributed by atoms with Gasteiger partial charge in [0.15, 0.2) is 5.96 Å². The minimum Gasteiger partial charge on any atom is -0.388 e. The Bertz CT molecular complexity index is 464. The van der Waals surface area contributed by atoms with Gasteiger partial charge >= 0.3 is 0 Å². The lowest BCUT2D eigenvalue weighted by atomic mass is 9.80. The molecule has 1 fully saturated rings. The van der Waals surface area contributed by atoms with Crippen LogP contribution in [0.1, 0.15) is 43.2 Å². The number of aromatic nitrogens is 1. The van der Waals surface area contributed by atoms with Crippen LogP contribution in [0.2, 0.25) is 0 Å². The van der Waals surface area contributed by atoms with Crippen molar-refractivity contribution in [3.05, 3.63) is 17.0 Å². The number of nitrogens with one attached hydrogen (secondary N) is 2. The van der Waals surface area contributed by atoms with E-state index in [-0.39, 0.29) is 24.0 Å². The van der Waals surface area contributed by atoms with Gasteiger partial charge in [-0.05, 0) is 40.0 Å². The second-order valence-electron chi connectivity index (χ2n) is 5.43. The van der Waals surface area contributed by atoms with Crippen molar-refractivity contribution in [1.29, 1.82) is 0 Å². The topological polar surface area (TPSA) is 82.7 Å². The molecule has 1 saturated carbocycles. The van der Waals surface area contributed by atoms with Crippen molar-refractivity contribution in [2.24, 2.45) is 4.99 Å². The molecular formula is C14H25IN4O2. The van der Waals surface area contributed by atoms with Crippen LogP contribution in [0, 0.1) is 13.8 Å². The fraction of sp³-hybridized carbons (Fsp3) is 0.714. The normalized spacial score (nSPS) is 16.9. The Balaban J connectivity index is 0.00000220. The molecule has 120 valence electrons. The Morgan fingerprint density at radius 1 is 1.38 bits per heavy atom. The largest absolute Gasteiger partial charge is 0.388 e. The number of halogens is 1. The molecule has 7 heteroatoms. The lowest BCUT2D eigenvalue weighted by Gasteiger charge is -2.36. The van der Waals surface area contributed by atoms with Crippen LogP contribution in [0.4, 0.5) is 0 Å². The maximum Gasteiger partial charge on any atom is 0.191 e. The lowest BCUT2D eigenvalue weighted by molar-refractivity contribution is -0.0279. The van der Waals surface area contributed by atoms with Crippen molar-refractivity contribution in [2.45, 2.75) is 52.2 Å². The van der Waals surface area contributed by atoms with E-state index in [1.807, 2.05) is 20.8 Å². The summed E-state index contributed by atoms with van der Waals surface area (Å²) in [6, 6.07) is 0. The first-order chi connectivity index (χ1) is 9.54. The fourth-order valence-corrected chi connectivity index (χ4v) is 2.24. The molecule has 0 saturated heterocycles. The Morgan fingerprint density at radius 3 is 2.57 bits per heavy atom. The van der Waals surface area contributed by atoms with E-state index in [4.69, 9.17) is 4.52 Å². The van der Waals surface area contributed by atoms with Crippen LogP contribution in [0.3, 0.4) is 0 Å². The summed E-state index contributed by atoms with van der Waals surface area (Å²) >= 11 is 0. The average molecular weight is 408 g/mol. The summed E-state index contributed by atoms with van der Waals surface area (Å²) < 4.78 is 5.13. The zero-order chi connectivity index (χ0) is 14.6. The minimum atomic E-state index is -0.556. The summed E-state index contributed by atoms with van der Waals surface area (Å²) in [4.78, 5) is 4.52. The lowest BCUT2D eigenvalue weighted by Crippen LogP contribution is -2.50. The first-order valence-electron chi connectivity index (χ1n) is 7.20. The number of hydrogen-bond donors (Lipinski definition) is 3. The van der Waals surface area contributed by atoms with Gasteiger partial charge in [0, 0.05) is 18.7 Å². The summed E-state index contributed by atoms with van der Waals surface area (Å²) in [5.41, 5.74) is 1.34. The molecule has 1 aliphatic rings. The Morgan fingerprint density at radius 2 is 2.10 bits per heavy atom. The highest BCUT2D eigenvalue weighted by atomic mass is 127. The third-order valence-electron chi connectivity index (χ3n) is 3.79. The molecule has 1 heterocycles. The molecule has 21 heavy (non-hydrogen) atoms. The highest BCUT2D eigenvalue weighted by Gasteiger charge is 2.34. The van der Waals surface area contributed by atoms with Gasteiger partial charge in [-0.25, -0.2) is 4.99 Å². The van der Waals surface area contributed by atoms with Crippen molar-refractivity contribution < 1.29 is 9.63 Å². The summed E-state index contributed by atoms with van der Waals surface area (Å²) in [6.45, 7) is 7.67. The van der Waals surface area contributed by atoms with Gasteiger partial charge in [0.05, 0.1) is 17.8 Å². The molecular weight excluding hydrogens is 383 g/mol. The highest BCUT2D eigenvalue weighted by molar-refractivity contribution is 14.0. The Kier molecular flexibility index (Phi) is 6.92. The molecule has 1 aromatic heterocycles. The van der Waals surface area contributed by atoms with Crippen molar-refractivity contribution in [3.63, 3.8) is 0 Å². The van der Waals surface area contributed by atoms with Crippen molar-refractivity contribution in [2.75, 3.05) is 13.1 Å². The summed E-state index contributed by atoms with van der Waals surface area (Å²) in [5, 5.41) is 20.4. The third kappa shape index (κ3) is 4.84. The van der Waals surface area contributed by atoms with E-state index >= 15 is 0 Å². The van der Waals surface area contributed by atoms with Crippen LogP contribution < -0.4 is 10.6 Å². The van der Waals surface area contributed by atoms with Crippen molar-refractivity contribution in [1.82, 2.24) is 15.8 Å². The number of aliphatic hydroxyl groups is 1. The molecule has 0 radical (unpaired) electrons. The van der Waals surface area contributed by atoms with E-state index in [9.17, 15) is 5.11 Å². The number of rotatable bonds is 5. The zero-order valence-corrected chi connectivity index (χ0v) is 15.2. The maximum absolute atomic E-state index is 10.1. The van der Waals surface area contributed by atoms with Gasteiger partial charge in [-0.3, -0.25) is 0 Å². The monoisotopic (exact) mass is 408 g/mol. The van der Waals surface area contributed by atoms with E-state index < -0.39 is 5.60 Å². The van der Waals surface area contributed by atoms with Crippen LogP contribution >= 0.6 is 24.0 Å². The van der Waals surface area contributed by atoms with Crippen LogP contribution in [0.5, 0.6) is 0 Å². The maximum atomic E-state index is 10.1. The molecule has 0 spiro atoms. The number of aryl methyl sites for hydroxylation is 2. The van der Waals surface area contributed by atoms with Crippen LogP contribution in [0.15, 0.2) is 9.52 Å². The van der Waals surface area contributed by atoms with E-state index in [0.29, 0.717) is 19.0 Å².